The number of hydrogen-bond donors (Lipinski definition) is 1. The molecule has 0 radical (unpaired) electrons. The zero-order valence-corrected chi connectivity index (χ0v) is 16.3. The fourth-order valence-electron chi connectivity index (χ4n) is 2.84. The number of nitriles is 1. The first-order valence-electron chi connectivity index (χ1n) is 8.85. The normalized spacial score (nSPS) is 11.7. The molecule has 0 atom stereocenters. The smallest absolute Gasteiger partial charge is 0.161 e. The molecule has 0 saturated heterocycles. The Kier molecular flexibility index (Phi) is 5.18. The number of benzene rings is 2. The van der Waals surface area contributed by atoms with Gasteiger partial charge in [-0.05, 0) is 74.7 Å². The third-order valence-corrected chi connectivity index (χ3v) is 4.33. The molecule has 138 valence electrons. The summed E-state index contributed by atoms with van der Waals surface area (Å²) in [5, 5.41) is 9.64. The van der Waals surface area contributed by atoms with Crippen LogP contribution >= 0.6 is 0 Å². The molecule has 0 bridgehead atoms. The van der Waals surface area contributed by atoms with Gasteiger partial charge in [-0.2, -0.15) is 5.26 Å². The highest BCUT2D eigenvalue weighted by Gasteiger charge is 2.11. The summed E-state index contributed by atoms with van der Waals surface area (Å²) in [6.07, 6.45) is 1.84. The molecule has 0 spiro atoms. The average molecular weight is 361 g/mol. The second-order valence-electron chi connectivity index (χ2n) is 6.79. The fourth-order valence-corrected chi connectivity index (χ4v) is 2.84. The number of allylic oxidation sites excluding steroid dienone is 1. The molecule has 1 heterocycles. The summed E-state index contributed by atoms with van der Waals surface area (Å²) in [5.41, 5.74) is 5.44. The number of methoxy groups -OCH3 is 1. The van der Waals surface area contributed by atoms with E-state index in [1.54, 1.807) is 13.2 Å². The van der Waals surface area contributed by atoms with Gasteiger partial charge in [0.15, 0.2) is 11.5 Å². The molecule has 0 aliphatic heterocycles. The lowest BCUT2D eigenvalue weighted by atomic mass is 10.1. The van der Waals surface area contributed by atoms with Gasteiger partial charge in [0.1, 0.15) is 11.9 Å². The number of fused-ring (bicyclic) bond motifs is 1. The van der Waals surface area contributed by atoms with Crippen molar-refractivity contribution in [2.24, 2.45) is 0 Å². The van der Waals surface area contributed by atoms with Crippen LogP contribution in [0.4, 0.5) is 0 Å². The van der Waals surface area contributed by atoms with Gasteiger partial charge in [-0.25, -0.2) is 4.98 Å². The second-order valence-corrected chi connectivity index (χ2v) is 6.79. The minimum Gasteiger partial charge on any atom is -0.493 e. The first-order chi connectivity index (χ1) is 12.9. The number of H-pyrrole nitrogens is 1. The lowest BCUT2D eigenvalue weighted by Crippen LogP contribution is -2.06. The Bertz CT molecular complexity index is 1020. The maximum absolute atomic E-state index is 9.64. The van der Waals surface area contributed by atoms with Crippen molar-refractivity contribution >= 4 is 22.7 Å². The third kappa shape index (κ3) is 3.95. The lowest BCUT2D eigenvalue weighted by molar-refractivity contribution is 0.230. The van der Waals surface area contributed by atoms with E-state index < -0.39 is 0 Å². The van der Waals surface area contributed by atoms with Gasteiger partial charge in [0, 0.05) is 0 Å². The topological polar surface area (TPSA) is 70.9 Å². The molecule has 0 aliphatic carbocycles. The van der Waals surface area contributed by atoms with E-state index in [1.807, 2.05) is 38.1 Å². The Morgan fingerprint density at radius 2 is 1.89 bits per heavy atom. The van der Waals surface area contributed by atoms with Crippen LogP contribution < -0.4 is 9.47 Å². The number of ether oxygens (including phenoxy) is 2. The molecule has 0 unspecified atom stereocenters. The van der Waals surface area contributed by atoms with Crippen LogP contribution in [0.2, 0.25) is 0 Å². The predicted octanol–water partition coefficient (Wildman–Crippen LogP) is 5.04. The molecule has 0 fully saturated rings. The van der Waals surface area contributed by atoms with E-state index in [4.69, 9.17) is 9.47 Å². The van der Waals surface area contributed by atoms with E-state index in [-0.39, 0.29) is 6.10 Å². The Balaban J connectivity index is 2.00. The Morgan fingerprint density at radius 1 is 1.15 bits per heavy atom. The molecule has 27 heavy (non-hydrogen) atoms. The maximum atomic E-state index is 9.64. The van der Waals surface area contributed by atoms with Gasteiger partial charge in [0.2, 0.25) is 0 Å². The van der Waals surface area contributed by atoms with Crippen LogP contribution in [0.15, 0.2) is 30.3 Å². The van der Waals surface area contributed by atoms with Crippen LogP contribution in [-0.4, -0.2) is 23.2 Å². The maximum Gasteiger partial charge on any atom is 0.161 e. The number of aromatic nitrogens is 2. The van der Waals surface area contributed by atoms with Gasteiger partial charge in [-0.1, -0.05) is 6.07 Å². The van der Waals surface area contributed by atoms with E-state index >= 15 is 0 Å². The van der Waals surface area contributed by atoms with Crippen LogP contribution in [0.5, 0.6) is 11.5 Å². The standard InChI is InChI=1S/C22H23N3O2/c1-13(2)27-20-7-6-16(11-21(20)26-5)10-17(12-23)22-24-18-8-14(3)15(4)9-19(18)25-22/h6-11,13H,1-5H3,(H,24,25)/b17-10-. The van der Waals surface area contributed by atoms with Crippen molar-refractivity contribution in [2.75, 3.05) is 7.11 Å². The highest BCUT2D eigenvalue weighted by Crippen LogP contribution is 2.30. The molecule has 1 N–H and O–H groups in total. The molecule has 0 amide bonds. The summed E-state index contributed by atoms with van der Waals surface area (Å²) >= 11 is 0. The molecular formula is C22H23N3O2. The van der Waals surface area contributed by atoms with E-state index in [0.29, 0.717) is 22.9 Å². The van der Waals surface area contributed by atoms with Crippen LogP contribution in [0.1, 0.15) is 36.4 Å². The van der Waals surface area contributed by atoms with E-state index in [1.165, 1.54) is 11.1 Å². The van der Waals surface area contributed by atoms with Crippen LogP contribution in [-0.2, 0) is 0 Å². The minimum atomic E-state index is 0.0532. The highest BCUT2D eigenvalue weighted by molar-refractivity contribution is 5.90. The summed E-state index contributed by atoms with van der Waals surface area (Å²) in [6.45, 7) is 8.04. The van der Waals surface area contributed by atoms with Crippen molar-refractivity contribution in [1.29, 1.82) is 5.26 Å². The first kappa shape index (κ1) is 18.5. The minimum absolute atomic E-state index is 0.0532. The quantitative estimate of drug-likeness (QED) is 0.646. The third-order valence-electron chi connectivity index (χ3n) is 4.33. The van der Waals surface area contributed by atoms with Gasteiger partial charge in [0.25, 0.3) is 0 Å². The zero-order valence-electron chi connectivity index (χ0n) is 16.3. The highest BCUT2D eigenvalue weighted by atomic mass is 16.5. The van der Waals surface area contributed by atoms with E-state index in [9.17, 15) is 5.26 Å². The molecule has 5 heteroatoms. The summed E-state index contributed by atoms with van der Waals surface area (Å²) < 4.78 is 11.2. The van der Waals surface area contributed by atoms with Gasteiger partial charge >= 0.3 is 0 Å². The lowest BCUT2D eigenvalue weighted by Gasteiger charge is -2.13. The Hall–Kier alpha value is -3.26. The van der Waals surface area contributed by atoms with Gasteiger partial charge in [0.05, 0.1) is 29.8 Å². The van der Waals surface area contributed by atoms with Gasteiger partial charge in [-0.15, -0.1) is 0 Å². The van der Waals surface area contributed by atoms with Gasteiger partial charge < -0.3 is 14.5 Å². The number of aromatic amines is 1. The van der Waals surface area contributed by atoms with E-state index in [0.717, 1.165) is 16.6 Å². The van der Waals surface area contributed by atoms with Crippen molar-refractivity contribution in [3.63, 3.8) is 0 Å². The molecule has 5 nitrogen and oxygen atoms in total. The molecule has 1 aromatic heterocycles. The van der Waals surface area contributed by atoms with Crippen molar-refractivity contribution < 1.29 is 9.47 Å². The van der Waals surface area contributed by atoms with Gasteiger partial charge in [-0.3, -0.25) is 0 Å². The number of imidazole rings is 1. The monoisotopic (exact) mass is 361 g/mol. The molecular weight excluding hydrogens is 338 g/mol. The Labute approximate surface area is 159 Å². The van der Waals surface area contributed by atoms with E-state index in [2.05, 4.69) is 36.0 Å². The number of hydrogen-bond acceptors (Lipinski definition) is 4. The average Bonchev–Trinajstić information content (AvgIpc) is 3.03. The van der Waals surface area contributed by atoms with Crippen molar-refractivity contribution in [3.05, 3.63) is 52.8 Å². The molecule has 3 aromatic rings. The summed E-state index contributed by atoms with van der Waals surface area (Å²) in [5.74, 6) is 1.86. The zero-order chi connectivity index (χ0) is 19.6. The van der Waals surface area contributed by atoms with Crippen LogP contribution in [0.25, 0.3) is 22.7 Å². The first-order valence-corrected chi connectivity index (χ1v) is 8.85. The number of nitrogens with one attached hydrogen (secondary N) is 1. The predicted molar refractivity (Wildman–Crippen MR) is 108 cm³/mol. The van der Waals surface area contributed by atoms with Crippen LogP contribution in [0.3, 0.4) is 0 Å². The molecule has 2 aromatic carbocycles. The molecule has 0 aliphatic rings. The van der Waals surface area contributed by atoms with Crippen molar-refractivity contribution in [2.45, 2.75) is 33.8 Å². The summed E-state index contributed by atoms with van der Waals surface area (Å²) in [7, 11) is 1.60. The molecule has 3 rings (SSSR count). The number of nitrogens with zero attached hydrogens (tertiary/aromatic N) is 2. The van der Waals surface area contributed by atoms with Crippen LogP contribution in [0, 0.1) is 25.2 Å². The number of rotatable bonds is 5. The SMILES string of the molecule is COc1cc(/C=C(/C#N)c2nc3cc(C)c(C)cc3[nH]2)ccc1OC(C)C. The fraction of sp³-hybridized carbons (Fsp3) is 0.273. The summed E-state index contributed by atoms with van der Waals surface area (Å²) in [4.78, 5) is 7.82. The van der Waals surface area contributed by atoms with Crippen molar-refractivity contribution in [3.8, 4) is 17.6 Å². The largest absolute Gasteiger partial charge is 0.493 e. The second kappa shape index (κ2) is 7.55. The number of aryl methyl sites for hydroxylation is 2. The Morgan fingerprint density at radius 3 is 2.56 bits per heavy atom. The summed E-state index contributed by atoms with van der Waals surface area (Å²) in [6, 6.07) is 11.9. The molecule has 0 saturated carbocycles. The van der Waals surface area contributed by atoms with Crippen molar-refractivity contribution in [1.82, 2.24) is 9.97 Å².